The quantitative estimate of drug-likeness (QED) is 0.849. The Hall–Kier alpha value is -1.40. The summed E-state index contributed by atoms with van der Waals surface area (Å²) in [5.74, 6) is -0.0467. The van der Waals surface area contributed by atoms with Crippen LogP contribution < -0.4 is 5.73 Å². The van der Waals surface area contributed by atoms with Crippen LogP contribution >= 0.6 is 0 Å². The molecule has 1 aliphatic heterocycles. The minimum atomic E-state index is -0.178. The molecular weight excluding hydrogens is 256 g/mol. The van der Waals surface area contributed by atoms with Crippen LogP contribution in [0, 0.1) is 5.92 Å². The summed E-state index contributed by atoms with van der Waals surface area (Å²) >= 11 is 0. The Balaban J connectivity index is 2.04. The van der Waals surface area contributed by atoms with E-state index in [-0.39, 0.29) is 11.8 Å². The molecule has 112 valence electrons. The highest BCUT2D eigenvalue weighted by atomic mass is 16.5. The van der Waals surface area contributed by atoms with Crippen LogP contribution in [0.25, 0.3) is 0 Å². The van der Waals surface area contributed by atoms with Crippen molar-refractivity contribution in [2.45, 2.75) is 26.3 Å². The fourth-order valence-electron chi connectivity index (χ4n) is 2.52. The van der Waals surface area contributed by atoms with Gasteiger partial charge in [0.25, 0.3) is 0 Å². The van der Waals surface area contributed by atoms with Crippen molar-refractivity contribution in [2.75, 3.05) is 32.8 Å². The summed E-state index contributed by atoms with van der Waals surface area (Å²) < 4.78 is 7.37. The molecule has 1 fully saturated rings. The maximum Gasteiger partial charge on any atom is 0.227 e. The van der Waals surface area contributed by atoms with Crippen LogP contribution in [0.3, 0.4) is 0 Å². The van der Waals surface area contributed by atoms with Crippen LogP contribution in [0.1, 0.15) is 25.6 Å². The van der Waals surface area contributed by atoms with Crippen molar-refractivity contribution >= 4 is 5.91 Å². The van der Waals surface area contributed by atoms with Gasteiger partial charge >= 0.3 is 0 Å². The Morgan fingerprint density at radius 1 is 1.45 bits per heavy atom. The zero-order valence-electron chi connectivity index (χ0n) is 12.3. The molecule has 0 saturated carbocycles. The lowest BCUT2D eigenvalue weighted by Gasteiger charge is -2.30. The molecule has 1 atom stereocenters. The highest BCUT2D eigenvalue weighted by molar-refractivity contribution is 5.79. The molecule has 6 nitrogen and oxygen atoms in total. The van der Waals surface area contributed by atoms with Crippen LogP contribution in [0.4, 0.5) is 0 Å². The molecule has 2 N–H and O–H groups in total. The molecule has 1 aliphatic rings. The smallest absolute Gasteiger partial charge is 0.227 e. The van der Waals surface area contributed by atoms with E-state index in [9.17, 15) is 4.79 Å². The number of rotatable bonds is 5. The van der Waals surface area contributed by atoms with Gasteiger partial charge in [-0.3, -0.25) is 4.79 Å². The number of morpholine rings is 1. The number of hydrogen-bond acceptors (Lipinski definition) is 4. The number of carbonyl (C=O) groups is 1. The van der Waals surface area contributed by atoms with Gasteiger partial charge in [0.1, 0.15) is 0 Å². The minimum Gasteiger partial charge on any atom is -0.378 e. The monoisotopic (exact) mass is 280 g/mol. The number of nitrogens with zero attached hydrogens (tertiary/aromatic N) is 3. The van der Waals surface area contributed by atoms with Gasteiger partial charge in [0.2, 0.25) is 5.91 Å². The molecule has 1 amide bonds. The van der Waals surface area contributed by atoms with E-state index < -0.39 is 0 Å². The first-order valence-corrected chi connectivity index (χ1v) is 7.20. The van der Waals surface area contributed by atoms with Crippen molar-refractivity contribution in [3.05, 3.63) is 18.2 Å². The third kappa shape index (κ3) is 3.37. The zero-order chi connectivity index (χ0) is 14.5. The predicted molar refractivity (Wildman–Crippen MR) is 76.3 cm³/mol. The Labute approximate surface area is 119 Å². The summed E-state index contributed by atoms with van der Waals surface area (Å²) in [6.45, 7) is 7.13. The molecular formula is C14H24N4O2. The molecule has 1 saturated heterocycles. The van der Waals surface area contributed by atoms with Crippen LogP contribution in [0.5, 0.6) is 0 Å². The number of amides is 1. The average Bonchev–Trinajstić information content (AvgIpc) is 2.93. The van der Waals surface area contributed by atoms with E-state index in [1.165, 1.54) is 0 Å². The average molecular weight is 280 g/mol. The van der Waals surface area contributed by atoms with Crippen molar-refractivity contribution in [3.8, 4) is 0 Å². The minimum absolute atomic E-state index is 0.132. The molecule has 6 heteroatoms. The van der Waals surface area contributed by atoms with Crippen molar-refractivity contribution in [1.29, 1.82) is 0 Å². The van der Waals surface area contributed by atoms with Gasteiger partial charge in [-0.1, -0.05) is 0 Å². The van der Waals surface area contributed by atoms with Gasteiger partial charge in [-0.05, 0) is 13.8 Å². The summed E-state index contributed by atoms with van der Waals surface area (Å²) in [5, 5.41) is 0. The van der Waals surface area contributed by atoms with Gasteiger partial charge in [-0.15, -0.1) is 0 Å². The standard InChI is InChI=1S/C14H24N4O2/c1-11(2)18-10-16-9-13(18)7-12(8-15)14(19)17-3-5-20-6-4-17/h9-12H,3-8,15H2,1-2H3. The Bertz CT molecular complexity index is 438. The van der Waals surface area contributed by atoms with E-state index in [0.717, 1.165) is 5.69 Å². The molecule has 0 spiro atoms. The highest BCUT2D eigenvalue weighted by Gasteiger charge is 2.26. The van der Waals surface area contributed by atoms with Gasteiger partial charge in [0.15, 0.2) is 0 Å². The Kier molecular flexibility index (Phi) is 5.14. The number of ether oxygens (including phenoxy) is 1. The van der Waals surface area contributed by atoms with E-state index in [0.29, 0.717) is 45.3 Å². The van der Waals surface area contributed by atoms with Crippen LogP contribution in [0.2, 0.25) is 0 Å². The number of carbonyl (C=O) groups excluding carboxylic acids is 1. The van der Waals surface area contributed by atoms with Gasteiger partial charge in [0.05, 0.1) is 25.5 Å². The van der Waals surface area contributed by atoms with Crippen LogP contribution in [0.15, 0.2) is 12.5 Å². The SMILES string of the molecule is CC(C)n1cncc1CC(CN)C(=O)N1CCOCC1. The number of imidazole rings is 1. The Morgan fingerprint density at radius 2 is 2.15 bits per heavy atom. The molecule has 0 radical (unpaired) electrons. The first-order valence-electron chi connectivity index (χ1n) is 7.20. The number of nitrogens with two attached hydrogens (primary N) is 1. The van der Waals surface area contributed by atoms with Crippen molar-refractivity contribution in [2.24, 2.45) is 11.7 Å². The van der Waals surface area contributed by atoms with Gasteiger partial charge < -0.3 is 19.9 Å². The van der Waals surface area contributed by atoms with E-state index in [1.54, 1.807) is 0 Å². The molecule has 1 unspecified atom stereocenters. The van der Waals surface area contributed by atoms with Gasteiger partial charge in [0, 0.05) is 44.0 Å². The van der Waals surface area contributed by atoms with E-state index in [2.05, 4.69) is 23.4 Å². The predicted octanol–water partition coefficient (Wildman–Crippen LogP) is 0.440. The largest absolute Gasteiger partial charge is 0.378 e. The zero-order valence-corrected chi connectivity index (χ0v) is 12.3. The summed E-state index contributed by atoms with van der Waals surface area (Å²) in [6.07, 6.45) is 4.28. The summed E-state index contributed by atoms with van der Waals surface area (Å²) in [7, 11) is 0. The van der Waals surface area contributed by atoms with Gasteiger partial charge in [-0.25, -0.2) is 4.98 Å². The van der Waals surface area contributed by atoms with Crippen LogP contribution in [-0.2, 0) is 16.0 Å². The van der Waals surface area contributed by atoms with Crippen LogP contribution in [-0.4, -0.2) is 53.2 Å². The number of hydrogen-bond donors (Lipinski definition) is 1. The fraction of sp³-hybridized carbons (Fsp3) is 0.714. The normalized spacial score (nSPS) is 17.5. The molecule has 0 aliphatic carbocycles. The molecule has 1 aromatic heterocycles. The summed E-state index contributed by atoms with van der Waals surface area (Å²) in [5.41, 5.74) is 6.88. The van der Waals surface area contributed by atoms with E-state index in [4.69, 9.17) is 10.5 Å². The summed E-state index contributed by atoms with van der Waals surface area (Å²) in [4.78, 5) is 18.5. The Morgan fingerprint density at radius 3 is 2.75 bits per heavy atom. The maximum atomic E-state index is 12.5. The maximum absolute atomic E-state index is 12.5. The molecule has 2 rings (SSSR count). The van der Waals surface area contributed by atoms with E-state index in [1.807, 2.05) is 17.4 Å². The van der Waals surface area contributed by atoms with Crippen molar-refractivity contribution < 1.29 is 9.53 Å². The lowest BCUT2D eigenvalue weighted by atomic mass is 10.0. The topological polar surface area (TPSA) is 73.4 Å². The lowest BCUT2D eigenvalue weighted by molar-refractivity contribution is -0.139. The molecule has 0 aromatic carbocycles. The molecule has 2 heterocycles. The molecule has 20 heavy (non-hydrogen) atoms. The molecule has 1 aromatic rings. The van der Waals surface area contributed by atoms with Crippen molar-refractivity contribution in [3.63, 3.8) is 0 Å². The third-order valence-corrected chi connectivity index (χ3v) is 3.71. The number of aromatic nitrogens is 2. The fourth-order valence-corrected chi connectivity index (χ4v) is 2.52. The summed E-state index contributed by atoms with van der Waals surface area (Å²) in [6, 6.07) is 0.337. The second kappa shape index (κ2) is 6.85. The highest BCUT2D eigenvalue weighted by Crippen LogP contribution is 2.15. The first kappa shape index (κ1) is 15.0. The second-order valence-corrected chi connectivity index (χ2v) is 5.46. The van der Waals surface area contributed by atoms with Gasteiger partial charge in [-0.2, -0.15) is 0 Å². The molecule has 0 bridgehead atoms. The second-order valence-electron chi connectivity index (χ2n) is 5.46. The van der Waals surface area contributed by atoms with Crippen molar-refractivity contribution in [1.82, 2.24) is 14.5 Å². The first-order chi connectivity index (χ1) is 9.63. The lowest BCUT2D eigenvalue weighted by Crippen LogP contribution is -2.46. The third-order valence-electron chi connectivity index (χ3n) is 3.71. The van der Waals surface area contributed by atoms with E-state index >= 15 is 0 Å².